The molecule has 1 fully saturated rings. The molecule has 1 atom stereocenters. The molecule has 1 heterocycles. The molecule has 1 aliphatic heterocycles. The Labute approximate surface area is 154 Å². The summed E-state index contributed by atoms with van der Waals surface area (Å²) in [6, 6.07) is 15.0. The highest BCUT2D eigenvalue weighted by Crippen LogP contribution is 2.24. The molecule has 0 aromatic heterocycles. The minimum absolute atomic E-state index is 0.117. The average molecular weight is 351 g/mol. The highest BCUT2D eigenvalue weighted by atomic mass is 16.2. The van der Waals surface area contributed by atoms with Crippen LogP contribution in [0.3, 0.4) is 0 Å². The van der Waals surface area contributed by atoms with Crippen LogP contribution in [0, 0.1) is 0 Å². The van der Waals surface area contributed by atoms with Crippen molar-refractivity contribution in [1.82, 2.24) is 10.6 Å². The summed E-state index contributed by atoms with van der Waals surface area (Å²) in [5.41, 5.74) is 3.24. The Hall–Kier alpha value is -2.82. The van der Waals surface area contributed by atoms with Crippen LogP contribution in [0.2, 0.25) is 0 Å². The Balaban J connectivity index is 1.71. The molecule has 3 rings (SSSR count). The first-order valence-corrected chi connectivity index (χ1v) is 9.06. The lowest BCUT2D eigenvalue weighted by molar-refractivity contribution is 0.0940. The van der Waals surface area contributed by atoms with E-state index in [9.17, 15) is 9.59 Å². The predicted molar refractivity (Wildman–Crippen MR) is 104 cm³/mol. The van der Waals surface area contributed by atoms with E-state index in [2.05, 4.69) is 27.7 Å². The molecule has 1 saturated heterocycles. The molecule has 5 heteroatoms. The highest BCUT2D eigenvalue weighted by Gasteiger charge is 2.16. The number of hydrogen-bond donors (Lipinski definition) is 2. The van der Waals surface area contributed by atoms with Gasteiger partial charge in [0.25, 0.3) is 11.8 Å². The monoisotopic (exact) mass is 351 g/mol. The van der Waals surface area contributed by atoms with Crippen LogP contribution in [0.5, 0.6) is 0 Å². The number of hydrogen-bond acceptors (Lipinski definition) is 3. The van der Waals surface area contributed by atoms with E-state index in [1.807, 2.05) is 19.1 Å². The Morgan fingerprint density at radius 2 is 1.62 bits per heavy atom. The van der Waals surface area contributed by atoms with Gasteiger partial charge in [-0.3, -0.25) is 9.59 Å². The molecule has 1 unspecified atom stereocenters. The quantitative estimate of drug-likeness (QED) is 0.870. The second kappa shape index (κ2) is 8.04. The standard InChI is InChI=1S/C21H25N3O2/c1-15(16-7-6-10-19(14-16)24-11-3-4-12-24)23-21(26)18-9-5-8-17(13-18)20(25)22-2/h5-10,13-15H,3-4,11-12H2,1-2H3,(H,22,25)(H,23,26). The fourth-order valence-corrected chi connectivity index (χ4v) is 3.28. The topological polar surface area (TPSA) is 61.4 Å². The van der Waals surface area contributed by atoms with Gasteiger partial charge >= 0.3 is 0 Å². The lowest BCUT2D eigenvalue weighted by Gasteiger charge is -2.21. The normalized spacial score (nSPS) is 14.8. The van der Waals surface area contributed by atoms with Crippen molar-refractivity contribution in [2.75, 3.05) is 25.0 Å². The lowest BCUT2D eigenvalue weighted by atomic mass is 10.1. The van der Waals surface area contributed by atoms with E-state index < -0.39 is 0 Å². The first-order valence-electron chi connectivity index (χ1n) is 9.06. The summed E-state index contributed by atoms with van der Waals surface area (Å²) in [6.45, 7) is 4.16. The van der Waals surface area contributed by atoms with Gasteiger partial charge in [-0.25, -0.2) is 0 Å². The smallest absolute Gasteiger partial charge is 0.251 e. The third-order valence-electron chi connectivity index (χ3n) is 4.80. The largest absolute Gasteiger partial charge is 0.372 e. The number of nitrogens with one attached hydrogen (secondary N) is 2. The number of amides is 2. The van der Waals surface area contributed by atoms with Crippen molar-refractivity contribution in [1.29, 1.82) is 0 Å². The third kappa shape index (κ3) is 4.04. The van der Waals surface area contributed by atoms with E-state index in [4.69, 9.17) is 0 Å². The van der Waals surface area contributed by atoms with Crippen molar-refractivity contribution in [3.05, 3.63) is 65.2 Å². The predicted octanol–water partition coefficient (Wildman–Crippen LogP) is 3.14. The fourth-order valence-electron chi connectivity index (χ4n) is 3.28. The molecule has 2 N–H and O–H groups in total. The van der Waals surface area contributed by atoms with Gasteiger partial charge in [0, 0.05) is 37.0 Å². The van der Waals surface area contributed by atoms with Crippen LogP contribution in [0.1, 0.15) is 52.1 Å². The van der Waals surface area contributed by atoms with Crippen LogP contribution < -0.4 is 15.5 Å². The zero-order valence-corrected chi connectivity index (χ0v) is 15.3. The number of nitrogens with zero attached hydrogens (tertiary/aromatic N) is 1. The van der Waals surface area contributed by atoms with E-state index >= 15 is 0 Å². The zero-order chi connectivity index (χ0) is 18.5. The molecule has 2 amide bonds. The van der Waals surface area contributed by atoms with Gasteiger partial charge in [0.05, 0.1) is 6.04 Å². The molecule has 136 valence electrons. The van der Waals surface area contributed by atoms with Crippen molar-refractivity contribution < 1.29 is 9.59 Å². The summed E-state index contributed by atoms with van der Waals surface area (Å²) < 4.78 is 0. The minimum atomic E-state index is -0.203. The van der Waals surface area contributed by atoms with E-state index in [0.717, 1.165) is 18.7 Å². The summed E-state index contributed by atoms with van der Waals surface area (Å²) >= 11 is 0. The van der Waals surface area contributed by atoms with Crippen LogP contribution in [-0.4, -0.2) is 32.0 Å². The molecular formula is C21H25N3O2. The van der Waals surface area contributed by atoms with Gasteiger partial charge in [-0.05, 0) is 55.7 Å². The van der Waals surface area contributed by atoms with Crippen molar-refractivity contribution in [3.63, 3.8) is 0 Å². The Morgan fingerprint density at radius 1 is 0.962 bits per heavy atom. The van der Waals surface area contributed by atoms with Crippen molar-refractivity contribution in [3.8, 4) is 0 Å². The SMILES string of the molecule is CNC(=O)c1cccc(C(=O)NC(C)c2cccc(N3CCCC3)c2)c1. The summed E-state index contributed by atoms with van der Waals surface area (Å²) in [5, 5.41) is 5.60. The van der Waals surface area contributed by atoms with Gasteiger partial charge in [-0.2, -0.15) is 0 Å². The number of carbonyl (C=O) groups is 2. The molecule has 0 radical (unpaired) electrons. The third-order valence-corrected chi connectivity index (χ3v) is 4.80. The minimum Gasteiger partial charge on any atom is -0.372 e. The second-order valence-electron chi connectivity index (χ2n) is 6.64. The maximum atomic E-state index is 12.6. The number of rotatable bonds is 5. The first kappa shape index (κ1) is 18.0. The van der Waals surface area contributed by atoms with Gasteiger partial charge in [0.15, 0.2) is 0 Å². The van der Waals surface area contributed by atoms with Crippen LogP contribution in [0.4, 0.5) is 5.69 Å². The molecule has 0 bridgehead atoms. The Bertz CT molecular complexity index is 797. The van der Waals surface area contributed by atoms with Crippen molar-refractivity contribution in [2.24, 2.45) is 0 Å². The van der Waals surface area contributed by atoms with Gasteiger partial charge in [0.2, 0.25) is 0 Å². The van der Waals surface area contributed by atoms with E-state index in [1.54, 1.807) is 31.3 Å². The van der Waals surface area contributed by atoms with Crippen LogP contribution in [0.15, 0.2) is 48.5 Å². The maximum Gasteiger partial charge on any atom is 0.251 e. The Kier molecular flexibility index (Phi) is 5.56. The molecule has 2 aromatic rings. The van der Waals surface area contributed by atoms with Crippen LogP contribution in [0.25, 0.3) is 0 Å². The fraction of sp³-hybridized carbons (Fsp3) is 0.333. The first-order chi connectivity index (χ1) is 12.6. The van der Waals surface area contributed by atoms with Crippen molar-refractivity contribution >= 4 is 17.5 Å². The lowest BCUT2D eigenvalue weighted by Crippen LogP contribution is -2.27. The molecule has 1 aliphatic rings. The molecule has 0 aliphatic carbocycles. The average Bonchev–Trinajstić information content (AvgIpc) is 3.22. The van der Waals surface area contributed by atoms with E-state index in [1.165, 1.54) is 18.5 Å². The number of benzene rings is 2. The molecule has 26 heavy (non-hydrogen) atoms. The van der Waals surface area contributed by atoms with E-state index in [0.29, 0.717) is 11.1 Å². The molecule has 5 nitrogen and oxygen atoms in total. The molecule has 2 aromatic carbocycles. The van der Waals surface area contributed by atoms with Crippen LogP contribution in [-0.2, 0) is 0 Å². The second-order valence-corrected chi connectivity index (χ2v) is 6.64. The highest BCUT2D eigenvalue weighted by molar-refractivity contribution is 5.99. The molecule has 0 spiro atoms. The van der Waals surface area contributed by atoms with Crippen LogP contribution >= 0.6 is 0 Å². The van der Waals surface area contributed by atoms with Gasteiger partial charge < -0.3 is 15.5 Å². The summed E-state index contributed by atoms with van der Waals surface area (Å²) in [7, 11) is 1.57. The number of carbonyl (C=O) groups excluding carboxylic acids is 2. The zero-order valence-electron chi connectivity index (χ0n) is 15.3. The molecule has 0 saturated carbocycles. The summed E-state index contributed by atoms with van der Waals surface area (Å²) in [4.78, 5) is 26.7. The van der Waals surface area contributed by atoms with Gasteiger partial charge in [-0.15, -0.1) is 0 Å². The summed E-state index contributed by atoms with van der Waals surface area (Å²) in [5.74, 6) is -0.388. The summed E-state index contributed by atoms with van der Waals surface area (Å²) in [6.07, 6.45) is 2.47. The van der Waals surface area contributed by atoms with E-state index in [-0.39, 0.29) is 17.9 Å². The van der Waals surface area contributed by atoms with Gasteiger partial charge in [-0.1, -0.05) is 18.2 Å². The maximum absolute atomic E-state index is 12.6. The molecular weight excluding hydrogens is 326 g/mol. The van der Waals surface area contributed by atoms with Gasteiger partial charge in [0.1, 0.15) is 0 Å². The Morgan fingerprint density at radius 3 is 2.31 bits per heavy atom. The number of anilines is 1. The van der Waals surface area contributed by atoms with Crippen molar-refractivity contribution in [2.45, 2.75) is 25.8 Å².